The van der Waals surface area contributed by atoms with Gasteiger partial charge in [-0.1, -0.05) is 32.4 Å². The number of methoxy groups -OCH3 is 1. The third-order valence-corrected chi connectivity index (χ3v) is 3.58. The minimum absolute atomic E-state index is 0.0817. The largest absolute Gasteiger partial charge is 0.493 e. The molecule has 1 amide bonds. The Hall–Kier alpha value is -1.42. The lowest BCUT2D eigenvalue weighted by molar-refractivity contribution is 0.0930. The van der Waals surface area contributed by atoms with E-state index in [1.165, 1.54) is 7.11 Å². The maximum Gasteiger partial charge on any atom is 0.251 e. The number of ether oxygens (including phenoxy) is 2. The molecule has 1 unspecified atom stereocenters. The Morgan fingerprint density at radius 2 is 2.00 bits per heavy atom. The van der Waals surface area contributed by atoms with Gasteiger partial charge in [-0.3, -0.25) is 4.79 Å². The number of hydrogen-bond donors (Lipinski definition) is 1. The van der Waals surface area contributed by atoms with Crippen molar-refractivity contribution in [2.45, 2.75) is 40.2 Å². The van der Waals surface area contributed by atoms with Crippen molar-refractivity contribution in [2.75, 3.05) is 13.7 Å². The van der Waals surface area contributed by atoms with Crippen LogP contribution in [-0.2, 0) is 0 Å². The standard InChI is InChI=1S/C16H24ClNO3/c1-6-7-21-15-13(17)8-12(9-14(15)20-5)16(19)18-11(4)10(2)3/h8-11H,6-7H2,1-5H3,(H,18,19). The van der Waals surface area contributed by atoms with Crippen LogP contribution in [0.2, 0.25) is 5.02 Å². The van der Waals surface area contributed by atoms with Crippen molar-refractivity contribution in [3.8, 4) is 11.5 Å². The first-order chi connectivity index (χ1) is 9.90. The van der Waals surface area contributed by atoms with E-state index in [9.17, 15) is 4.79 Å². The Balaban J connectivity index is 2.99. The van der Waals surface area contributed by atoms with E-state index in [0.717, 1.165) is 6.42 Å². The molecule has 0 aliphatic rings. The van der Waals surface area contributed by atoms with E-state index >= 15 is 0 Å². The van der Waals surface area contributed by atoms with Crippen LogP contribution in [0.3, 0.4) is 0 Å². The number of benzene rings is 1. The Morgan fingerprint density at radius 3 is 2.52 bits per heavy atom. The molecule has 4 nitrogen and oxygen atoms in total. The first-order valence-electron chi connectivity index (χ1n) is 7.21. The van der Waals surface area contributed by atoms with Crippen LogP contribution < -0.4 is 14.8 Å². The molecule has 0 aliphatic carbocycles. The van der Waals surface area contributed by atoms with Gasteiger partial charge in [-0.2, -0.15) is 0 Å². The maximum atomic E-state index is 12.2. The normalized spacial score (nSPS) is 12.1. The molecular weight excluding hydrogens is 290 g/mol. The van der Waals surface area contributed by atoms with E-state index in [4.69, 9.17) is 21.1 Å². The van der Waals surface area contributed by atoms with Gasteiger partial charge in [-0.25, -0.2) is 0 Å². The summed E-state index contributed by atoms with van der Waals surface area (Å²) < 4.78 is 10.9. The summed E-state index contributed by atoms with van der Waals surface area (Å²) in [6.45, 7) is 8.64. The van der Waals surface area contributed by atoms with Crippen molar-refractivity contribution < 1.29 is 14.3 Å². The summed E-state index contributed by atoms with van der Waals surface area (Å²) in [4.78, 5) is 12.2. The lowest BCUT2D eigenvalue weighted by Crippen LogP contribution is -2.36. The van der Waals surface area contributed by atoms with Crippen LogP contribution in [0.15, 0.2) is 12.1 Å². The third-order valence-electron chi connectivity index (χ3n) is 3.30. The minimum Gasteiger partial charge on any atom is -0.493 e. The monoisotopic (exact) mass is 313 g/mol. The van der Waals surface area contributed by atoms with E-state index in [0.29, 0.717) is 34.6 Å². The second-order valence-electron chi connectivity index (χ2n) is 5.34. The molecule has 0 spiro atoms. The van der Waals surface area contributed by atoms with Gasteiger partial charge in [-0.05, 0) is 31.4 Å². The van der Waals surface area contributed by atoms with Crippen molar-refractivity contribution >= 4 is 17.5 Å². The molecule has 21 heavy (non-hydrogen) atoms. The fourth-order valence-electron chi connectivity index (χ4n) is 1.65. The summed E-state index contributed by atoms with van der Waals surface area (Å²) >= 11 is 6.21. The molecule has 1 atom stereocenters. The number of hydrogen-bond acceptors (Lipinski definition) is 3. The minimum atomic E-state index is -0.168. The van der Waals surface area contributed by atoms with Crippen LogP contribution in [0.1, 0.15) is 44.5 Å². The lowest BCUT2D eigenvalue weighted by atomic mass is 10.1. The molecular formula is C16H24ClNO3. The number of halogens is 1. The van der Waals surface area contributed by atoms with Crippen LogP contribution in [0.5, 0.6) is 11.5 Å². The molecule has 0 fully saturated rings. The number of carbonyl (C=O) groups is 1. The molecule has 1 N–H and O–H groups in total. The average molecular weight is 314 g/mol. The molecule has 1 rings (SSSR count). The number of carbonyl (C=O) groups excluding carboxylic acids is 1. The Kier molecular flexibility index (Phi) is 6.82. The zero-order valence-electron chi connectivity index (χ0n) is 13.3. The third kappa shape index (κ3) is 4.81. The number of nitrogens with one attached hydrogen (secondary N) is 1. The van der Waals surface area contributed by atoms with Crippen molar-refractivity contribution in [2.24, 2.45) is 5.92 Å². The zero-order chi connectivity index (χ0) is 16.0. The van der Waals surface area contributed by atoms with Crippen molar-refractivity contribution in [3.05, 3.63) is 22.7 Å². The maximum absolute atomic E-state index is 12.2. The summed E-state index contributed by atoms with van der Waals surface area (Å²) in [5, 5.41) is 3.32. The van der Waals surface area contributed by atoms with Gasteiger partial charge < -0.3 is 14.8 Å². The molecule has 5 heteroatoms. The Bertz CT molecular complexity index is 489. The first kappa shape index (κ1) is 17.6. The predicted octanol–water partition coefficient (Wildman–Crippen LogP) is 3.91. The molecule has 1 aromatic rings. The molecule has 1 aromatic carbocycles. The molecule has 0 heterocycles. The van der Waals surface area contributed by atoms with Gasteiger partial charge in [0.25, 0.3) is 5.91 Å². The fourth-order valence-corrected chi connectivity index (χ4v) is 1.92. The van der Waals surface area contributed by atoms with E-state index in [-0.39, 0.29) is 11.9 Å². The van der Waals surface area contributed by atoms with Crippen LogP contribution in [0, 0.1) is 5.92 Å². The van der Waals surface area contributed by atoms with E-state index < -0.39 is 0 Å². The molecule has 0 radical (unpaired) electrons. The van der Waals surface area contributed by atoms with Gasteiger partial charge in [-0.15, -0.1) is 0 Å². The van der Waals surface area contributed by atoms with Crippen molar-refractivity contribution in [1.82, 2.24) is 5.32 Å². The molecule has 0 saturated heterocycles. The average Bonchev–Trinajstić information content (AvgIpc) is 2.44. The zero-order valence-corrected chi connectivity index (χ0v) is 14.1. The van der Waals surface area contributed by atoms with E-state index in [2.05, 4.69) is 19.2 Å². The van der Waals surface area contributed by atoms with E-state index in [1.807, 2.05) is 13.8 Å². The highest BCUT2D eigenvalue weighted by molar-refractivity contribution is 6.32. The van der Waals surface area contributed by atoms with Gasteiger partial charge in [0.1, 0.15) is 0 Å². The lowest BCUT2D eigenvalue weighted by Gasteiger charge is -2.18. The molecule has 0 bridgehead atoms. The first-order valence-corrected chi connectivity index (χ1v) is 7.59. The van der Waals surface area contributed by atoms with Gasteiger partial charge in [0.05, 0.1) is 18.7 Å². The van der Waals surface area contributed by atoms with Gasteiger partial charge in [0.15, 0.2) is 11.5 Å². The van der Waals surface area contributed by atoms with Crippen LogP contribution in [0.25, 0.3) is 0 Å². The van der Waals surface area contributed by atoms with Crippen LogP contribution in [-0.4, -0.2) is 25.7 Å². The smallest absolute Gasteiger partial charge is 0.251 e. The molecule has 0 saturated carbocycles. The van der Waals surface area contributed by atoms with Gasteiger partial charge >= 0.3 is 0 Å². The number of amides is 1. The second-order valence-corrected chi connectivity index (χ2v) is 5.75. The fraction of sp³-hybridized carbons (Fsp3) is 0.562. The van der Waals surface area contributed by atoms with Gasteiger partial charge in [0.2, 0.25) is 0 Å². The second kappa shape index (κ2) is 8.13. The van der Waals surface area contributed by atoms with Crippen LogP contribution >= 0.6 is 11.6 Å². The number of rotatable bonds is 7. The van der Waals surface area contributed by atoms with Crippen LogP contribution in [0.4, 0.5) is 0 Å². The summed E-state index contributed by atoms with van der Waals surface area (Å²) in [5.74, 6) is 1.14. The topological polar surface area (TPSA) is 47.6 Å². The summed E-state index contributed by atoms with van der Waals surface area (Å²) in [5.41, 5.74) is 0.466. The summed E-state index contributed by atoms with van der Waals surface area (Å²) in [6, 6.07) is 3.34. The quantitative estimate of drug-likeness (QED) is 0.830. The predicted molar refractivity (Wildman–Crippen MR) is 85.6 cm³/mol. The molecule has 0 aliphatic heterocycles. The van der Waals surface area contributed by atoms with Crippen molar-refractivity contribution in [3.63, 3.8) is 0 Å². The van der Waals surface area contributed by atoms with Crippen molar-refractivity contribution in [1.29, 1.82) is 0 Å². The van der Waals surface area contributed by atoms with E-state index in [1.54, 1.807) is 12.1 Å². The SMILES string of the molecule is CCCOc1c(Cl)cc(C(=O)NC(C)C(C)C)cc1OC. The Morgan fingerprint density at radius 1 is 1.33 bits per heavy atom. The highest BCUT2D eigenvalue weighted by Gasteiger charge is 2.18. The Labute approximate surface area is 131 Å². The summed E-state index contributed by atoms with van der Waals surface area (Å²) in [6.07, 6.45) is 0.869. The molecule has 0 aromatic heterocycles. The summed E-state index contributed by atoms with van der Waals surface area (Å²) in [7, 11) is 1.53. The highest BCUT2D eigenvalue weighted by Crippen LogP contribution is 2.36. The molecule has 118 valence electrons. The highest BCUT2D eigenvalue weighted by atomic mass is 35.5. The van der Waals surface area contributed by atoms with Gasteiger partial charge in [0, 0.05) is 11.6 Å².